The molecular formula is C26H31NO11. The second-order valence-corrected chi connectivity index (χ2v) is 9.07. The molecule has 0 bridgehead atoms. The number of carboxylic acid groups (broad SMARTS) is 1. The lowest BCUT2D eigenvalue weighted by Crippen LogP contribution is -2.61. The molecule has 1 heterocycles. The van der Waals surface area contributed by atoms with Gasteiger partial charge >= 0.3 is 5.97 Å². The molecule has 0 saturated carbocycles. The first kappa shape index (κ1) is 27.5. The van der Waals surface area contributed by atoms with Crippen molar-refractivity contribution in [3.63, 3.8) is 0 Å². The molecule has 1 amide bonds. The van der Waals surface area contributed by atoms with Gasteiger partial charge < -0.3 is 49.4 Å². The number of carbonyl (C=O) groups is 2. The van der Waals surface area contributed by atoms with Crippen molar-refractivity contribution in [2.45, 2.75) is 56.5 Å². The van der Waals surface area contributed by atoms with E-state index in [1.54, 1.807) is 18.2 Å². The lowest BCUT2D eigenvalue weighted by Gasteiger charge is -2.38. The number of aliphatic hydroxyl groups excluding tert-OH is 3. The highest BCUT2D eigenvalue weighted by Crippen LogP contribution is 2.51. The summed E-state index contributed by atoms with van der Waals surface area (Å²) in [7, 11) is 4.56. The van der Waals surface area contributed by atoms with Gasteiger partial charge in [0, 0.05) is 12.5 Å². The predicted octanol–water partition coefficient (Wildman–Crippen LogP) is 0.774. The molecule has 6 atom stereocenters. The largest absolute Gasteiger partial charge is 0.493 e. The summed E-state index contributed by atoms with van der Waals surface area (Å²) in [5, 5.41) is 42.7. The molecule has 1 aliphatic carbocycles. The first-order chi connectivity index (χ1) is 18.1. The molecule has 2 aromatic rings. The van der Waals surface area contributed by atoms with E-state index in [1.807, 2.05) is 6.07 Å². The third kappa shape index (κ3) is 4.95. The van der Waals surface area contributed by atoms with Crippen molar-refractivity contribution in [1.29, 1.82) is 0 Å². The summed E-state index contributed by atoms with van der Waals surface area (Å²) in [5.41, 5.74) is 3.06. The SMILES string of the molecule is COc1cc2c(c(OC)c1OC)-c1ccc(O[C@H]3O[C@H](C(=O)O)[C@@H](O)[C@H](O)[C@H]3O)cc1[C@@H](NC(C)=O)CC2. The molecule has 0 aromatic heterocycles. The van der Waals surface area contributed by atoms with Crippen LogP contribution in [0.1, 0.15) is 30.5 Å². The molecule has 206 valence electrons. The zero-order chi connectivity index (χ0) is 27.7. The number of carbonyl (C=O) groups excluding carboxylic acids is 1. The Morgan fingerprint density at radius 3 is 2.29 bits per heavy atom. The number of aliphatic hydroxyl groups is 3. The van der Waals surface area contributed by atoms with Gasteiger partial charge in [0.2, 0.25) is 17.9 Å². The fourth-order valence-corrected chi connectivity index (χ4v) is 4.96. The number of ether oxygens (including phenoxy) is 5. The highest BCUT2D eigenvalue weighted by molar-refractivity contribution is 5.84. The van der Waals surface area contributed by atoms with Crippen molar-refractivity contribution in [3.8, 4) is 34.1 Å². The first-order valence-corrected chi connectivity index (χ1v) is 11.9. The molecule has 4 rings (SSSR count). The van der Waals surface area contributed by atoms with Gasteiger partial charge in [-0.25, -0.2) is 4.79 Å². The van der Waals surface area contributed by atoms with Gasteiger partial charge in [0.1, 0.15) is 24.1 Å². The summed E-state index contributed by atoms with van der Waals surface area (Å²) in [6.07, 6.45) is -7.65. The van der Waals surface area contributed by atoms with Crippen LogP contribution in [0.2, 0.25) is 0 Å². The molecule has 0 unspecified atom stereocenters. The van der Waals surface area contributed by atoms with Gasteiger partial charge in [-0.15, -0.1) is 0 Å². The van der Waals surface area contributed by atoms with Crippen LogP contribution in [0.15, 0.2) is 24.3 Å². The quantitative estimate of drug-likeness (QED) is 0.340. The number of benzene rings is 2. The molecule has 1 fully saturated rings. The van der Waals surface area contributed by atoms with Crippen molar-refractivity contribution in [3.05, 3.63) is 35.4 Å². The Kier molecular flexibility index (Phi) is 7.97. The van der Waals surface area contributed by atoms with Crippen LogP contribution in [0.5, 0.6) is 23.0 Å². The highest BCUT2D eigenvalue weighted by atomic mass is 16.7. The van der Waals surface area contributed by atoms with E-state index in [0.717, 1.165) is 16.7 Å². The Morgan fingerprint density at radius 1 is 0.974 bits per heavy atom. The molecule has 1 aliphatic heterocycles. The molecule has 12 heteroatoms. The number of hydrogen-bond acceptors (Lipinski definition) is 10. The second kappa shape index (κ2) is 11.0. The van der Waals surface area contributed by atoms with E-state index in [4.69, 9.17) is 23.7 Å². The van der Waals surface area contributed by atoms with Crippen LogP contribution in [0, 0.1) is 0 Å². The Morgan fingerprint density at radius 2 is 1.68 bits per heavy atom. The third-order valence-electron chi connectivity index (χ3n) is 6.72. The van der Waals surface area contributed by atoms with E-state index in [1.165, 1.54) is 28.3 Å². The van der Waals surface area contributed by atoms with Crippen LogP contribution in [-0.2, 0) is 20.7 Å². The minimum Gasteiger partial charge on any atom is -0.493 e. The van der Waals surface area contributed by atoms with Crippen LogP contribution < -0.4 is 24.3 Å². The van der Waals surface area contributed by atoms with Crippen LogP contribution in [0.3, 0.4) is 0 Å². The van der Waals surface area contributed by atoms with E-state index < -0.39 is 42.7 Å². The number of rotatable bonds is 7. The first-order valence-electron chi connectivity index (χ1n) is 11.9. The van der Waals surface area contributed by atoms with Crippen LogP contribution in [0.25, 0.3) is 11.1 Å². The Bertz CT molecular complexity index is 1220. The number of aryl methyl sites for hydroxylation is 1. The topological polar surface area (TPSA) is 173 Å². The smallest absolute Gasteiger partial charge is 0.335 e. The van der Waals surface area contributed by atoms with Gasteiger partial charge in [-0.1, -0.05) is 6.07 Å². The van der Waals surface area contributed by atoms with E-state index in [2.05, 4.69) is 5.32 Å². The second-order valence-electron chi connectivity index (χ2n) is 9.07. The van der Waals surface area contributed by atoms with Crippen molar-refractivity contribution in [2.24, 2.45) is 0 Å². The fraction of sp³-hybridized carbons (Fsp3) is 0.462. The standard InChI is InChI=1S/C26H31NO11/c1-11(28)27-16-8-5-12-9-17(34-2)22(35-3)23(36-4)18(12)14-7-6-13(10-15(14)16)37-26-21(31)19(29)20(30)24(38-26)25(32)33/h6-7,9-10,16,19-21,24,26,29-31H,5,8H2,1-4H3,(H,27,28)(H,32,33)/t16-,19-,20-,21+,24-,26-/m0/s1. The average molecular weight is 534 g/mol. The molecule has 12 nitrogen and oxygen atoms in total. The Hall–Kier alpha value is -3.58. The summed E-state index contributed by atoms with van der Waals surface area (Å²) in [4.78, 5) is 23.5. The van der Waals surface area contributed by atoms with Gasteiger partial charge in [-0.05, 0) is 47.7 Å². The zero-order valence-corrected chi connectivity index (χ0v) is 21.3. The van der Waals surface area contributed by atoms with E-state index in [-0.39, 0.29) is 11.7 Å². The minimum atomic E-state index is -1.84. The molecule has 0 radical (unpaired) electrons. The van der Waals surface area contributed by atoms with Crippen molar-refractivity contribution in [2.75, 3.05) is 21.3 Å². The number of hydrogen-bond donors (Lipinski definition) is 5. The molecule has 2 aliphatic rings. The number of aliphatic carboxylic acids is 1. The van der Waals surface area contributed by atoms with E-state index in [0.29, 0.717) is 35.7 Å². The normalized spacial score (nSPS) is 26.3. The number of methoxy groups -OCH3 is 3. The Balaban J connectivity index is 1.80. The maximum Gasteiger partial charge on any atom is 0.335 e. The minimum absolute atomic E-state index is 0.179. The average Bonchev–Trinajstić information content (AvgIpc) is 3.03. The van der Waals surface area contributed by atoms with Crippen molar-refractivity contribution >= 4 is 11.9 Å². The van der Waals surface area contributed by atoms with Gasteiger partial charge in [-0.2, -0.15) is 0 Å². The summed E-state index contributed by atoms with van der Waals surface area (Å²) in [6.45, 7) is 1.41. The van der Waals surface area contributed by atoms with Crippen molar-refractivity contribution < 1.29 is 53.7 Å². The Labute approximate surface area is 218 Å². The summed E-state index contributed by atoms with van der Waals surface area (Å²) in [5.74, 6) is -0.222. The maximum atomic E-state index is 12.1. The van der Waals surface area contributed by atoms with Crippen LogP contribution in [-0.4, -0.2) is 84.3 Å². The predicted molar refractivity (Wildman–Crippen MR) is 131 cm³/mol. The van der Waals surface area contributed by atoms with Gasteiger partial charge in [0.05, 0.1) is 27.4 Å². The molecule has 2 aromatic carbocycles. The molecule has 38 heavy (non-hydrogen) atoms. The van der Waals surface area contributed by atoms with Crippen molar-refractivity contribution in [1.82, 2.24) is 5.32 Å². The van der Waals surface area contributed by atoms with Crippen LogP contribution >= 0.6 is 0 Å². The van der Waals surface area contributed by atoms with Gasteiger partial charge in [-0.3, -0.25) is 4.79 Å². The lowest BCUT2D eigenvalue weighted by molar-refractivity contribution is -0.271. The monoisotopic (exact) mass is 533 g/mol. The van der Waals surface area contributed by atoms with Gasteiger partial charge in [0.25, 0.3) is 0 Å². The number of amides is 1. The molecule has 0 spiro atoms. The summed E-state index contributed by atoms with van der Waals surface area (Å²) in [6, 6.07) is 6.40. The number of fused-ring (bicyclic) bond motifs is 3. The van der Waals surface area contributed by atoms with E-state index >= 15 is 0 Å². The summed E-state index contributed by atoms with van der Waals surface area (Å²) >= 11 is 0. The fourth-order valence-electron chi connectivity index (χ4n) is 4.96. The van der Waals surface area contributed by atoms with E-state index in [9.17, 15) is 30.0 Å². The zero-order valence-electron chi connectivity index (χ0n) is 21.3. The highest BCUT2D eigenvalue weighted by Gasteiger charge is 2.48. The lowest BCUT2D eigenvalue weighted by atomic mass is 9.93. The van der Waals surface area contributed by atoms with Crippen LogP contribution in [0.4, 0.5) is 0 Å². The number of nitrogens with one attached hydrogen (secondary N) is 1. The molecular weight excluding hydrogens is 502 g/mol. The molecule has 5 N–H and O–H groups in total. The van der Waals surface area contributed by atoms with Gasteiger partial charge in [0.15, 0.2) is 17.6 Å². The third-order valence-corrected chi connectivity index (χ3v) is 6.72. The maximum absolute atomic E-state index is 12.1. The molecule has 1 saturated heterocycles. The summed E-state index contributed by atoms with van der Waals surface area (Å²) < 4.78 is 27.8. The number of carboxylic acids is 1.